The predicted molar refractivity (Wildman–Crippen MR) is 59.7 cm³/mol. The highest BCUT2D eigenvalue weighted by Gasteiger charge is 2.24. The number of piperidine rings is 1. The summed E-state index contributed by atoms with van der Waals surface area (Å²) < 4.78 is 23.9. The number of hydrogen-bond acceptors (Lipinski definition) is 5. The highest BCUT2D eigenvalue weighted by atomic mass is 32.2. The molecule has 1 atom stereocenters. The SMILES string of the molecule is O=S(=O)(C[C@@H]1CCCCN1)c1ncccn1. The van der Waals surface area contributed by atoms with Crippen molar-refractivity contribution in [2.24, 2.45) is 0 Å². The number of sulfone groups is 1. The van der Waals surface area contributed by atoms with E-state index in [0.717, 1.165) is 25.8 Å². The van der Waals surface area contributed by atoms with Crippen molar-refractivity contribution in [2.75, 3.05) is 12.3 Å². The van der Waals surface area contributed by atoms with E-state index in [0.29, 0.717) is 0 Å². The summed E-state index contributed by atoms with van der Waals surface area (Å²) in [5.74, 6) is 0.0943. The van der Waals surface area contributed by atoms with Gasteiger partial charge < -0.3 is 5.32 Å². The second kappa shape index (κ2) is 4.88. The molecule has 2 heterocycles. The summed E-state index contributed by atoms with van der Waals surface area (Å²) in [5, 5.41) is 3.14. The Morgan fingerprint density at radius 1 is 1.31 bits per heavy atom. The average molecular weight is 241 g/mol. The second-order valence-corrected chi connectivity index (χ2v) is 5.89. The topological polar surface area (TPSA) is 72.0 Å². The number of hydrogen-bond donors (Lipinski definition) is 1. The molecule has 1 aromatic rings. The summed E-state index contributed by atoms with van der Waals surface area (Å²) in [4.78, 5) is 7.58. The lowest BCUT2D eigenvalue weighted by Gasteiger charge is -2.22. The van der Waals surface area contributed by atoms with Gasteiger partial charge in [-0.1, -0.05) is 6.42 Å². The second-order valence-electron chi connectivity index (χ2n) is 3.96. The maximum atomic E-state index is 11.9. The van der Waals surface area contributed by atoms with Gasteiger partial charge in [-0.05, 0) is 25.5 Å². The van der Waals surface area contributed by atoms with Crippen LogP contribution in [-0.2, 0) is 9.84 Å². The van der Waals surface area contributed by atoms with Gasteiger partial charge in [-0.2, -0.15) is 0 Å². The van der Waals surface area contributed by atoms with Crippen molar-refractivity contribution in [3.05, 3.63) is 18.5 Å². The summed E-state index contributed by atoms with van der Waals surface area (Å²) >= 11 is 0. The molecular weight excluding hydrogens is 226 g/mol. The van der Waals surface area contributed by atoms with Crippen LogP contribution in [0.2, 0.25) is 0 Å². The summed E-state index contributed by atoms with van der Waals surface area (Å²) in [5.41, 5.74) is 0. The van der Waals surface area contributed by atoms with Crippen LogP contribution < -0.4 is 5.32 Å². The first-order chi connectivity index (χ1) is 7.68. The van der Waals surface area contributed by atoms with Gasteiger partial charge in [0.05, 0.1) is 5.75 Å². The monoisotopic (exact) mass is 241 g/mol. The largest absolute Gasteiger partial charge is 0.313 e. The van der Waals surface area contributed by atoms with Gasteiger partial charge in [0.1, 0.15) is 0 Å². The van der Waals surface area contributed by atoms with Gasteiger partial charge in [-0.3, -0.25) is 0 Å². The fourth-order valence-corrected chi connectivity index (χ4v) is 3.26. The Hall–Kier alpha value is -1.01. The van der Waals surface area contributed by atoms with E-state index >= 15 is 0 Å². The Labute approximate surface area is 95.2 Å². The summed E-state index contributed by atoms with van der Waals surface area (Å²) in [6, 6.07) is 1.65. The molecule has 0 amide bonds. The fraction of sp³-hybridized carbons (Fsp3) is 0.600. The zero-order valence-corrected chi connectivity index (χ0v) is 9.78. The number of nitrogens with one attached hydrogen (secondary N) is 1. The normalized spacial score (nSPS) is 21.9. The first kappa shape index (κ1) is 11.5. The third kappa shape index (κ3) is 2.76. The van der Waals surface area contributed by atoms with Gasteiger partial charge >= 0.3 is 0 Å². The van der Waals surface area contributed by atoms with Crippen molar-refractivity contribution in [3.63, 3.8) is 0 Å². The molecule has 0 bridgehead atoms. The molecule has 0 radical (unpaired) electrons. The molecule has 0 aliphatic carbocycles. The van der Waals surface area contributed by atoms with E-state index in [1.807, 2.05) is 0 Å². The van der Waals surface area contributed by atoms with E-state index in [1.165, 1.54) is 12.4 Å². The Morgan fingerprint density at radius 3 is 2.69 bits per heavy atom. The Bertz CT molecular complexity index is 427. The van der Waals surface area contributed by atoms with Crippen LogP contribution in [0.25, 0.3) is 0 Å². The van der Waals surface area contributed by atoms with Gasteiger partial charge in [0.2, 0.25) is 15.0 Å². The lowest BCUT2D eigenvalue weighted by Crippen LogP contribution is -2.39. The Balaban J connectivity index is 2.08. The van der Waals surface area contributed by atoms with Gasteiger partial charge in [0, 0.05) is 18.4 Å². The standard InChI is InChI=1S/C10H15N3O2S/c14-16(15,10-12-6-3-7-13-10)8-9-4-1-2-5-11-9/h3,6-7,9,11H,1-2,4-5,8H2/t9-/m0/s1. The quantitative estimate of drug-likeness (QED) is 0.775. The van der Waals surface area contributed by atoms with Crippen LogP contribution in [0.15, 0.2) is 23.6 Å². The maximum Gasteiger partial charge on any atom is 0.247 e. The minimum atomic E-state index is -3.34. The van der Waals surface area contributed by atoms with E-state index < -0.39 is 9.84 Å². The van der Waals surface area contributed by atoms with Crippen LogP contribution >= 0.6 is 0 Å². The predicted octanol–water partition coefficient (Wildman–Crippen LogP) is 0.392. The Kier molecular flexibility index (Phi) is 3.50. The molecule has 1 fully saturated rings. The molecule has 1 aliphatic heterocycles. The van der Waals surface area contributed by atoms with Crippen molar-refractivity contribution in [3.8, 4) is 0 Å². The van der Waals surface area contributed by atoms with E-state index in [4.69, 9.17) is 0 Å². The molecular formula is C10H15N3O2S. The van der Waals surface area contributed by atoms with Gasteiger partial charge in [0.15, 0.2) is 0 Å². The molecule has 2 rings (SSSR count). The highest BCUT2D eigenvalue weighted by molar-refractivity contribution is 7.91. The van der Waals surface area contributed by atoms with Crippen molar-refractivity contribution in [1.29, 1.82) is 0 Å². The summed E-state index contributed by atoms with van der Waals surface area (Å²) in [6.45, 7) is 0.899. The van der Waals surface area contributed by atoms with E-state index in [2.05, 4.69) is 15.3 Å². The summed E-state index contributed by atoms with van der Waals surface area (Å²) in [7, 11) is -3.34. The molecule has 88 valence electrons. The van der Waals surface area contributed by atoms with Crippen molar-refractivity contribution < 1.29 is 8.42 Å². The third-order valence-electron chi connectivity index (χ3n) is 2.65. The minimum absolute atomic E-state index is 0.0440. The van der Waals surface area contributed by atoms with Crippen molar-refractivity contribution in [2.45, 2.75) is 30.5 Å². The minimum Gasteiger partial charge on any atom is -0.313 e. The summed E-state index contributed by atoms with van der Waals surface area (Å²) in [6.07, 6.45) is 6.02. The zero-order valence-electron chi connectivity index (χ0n) is 8.96. The first-order valence-electron chi connectivity index (χ1n) is 5.42. The van der Waals surface area contributed by atoms with Crippen molar-refractivity contribution in [1.82, 2.24) is 15.3 Å². The molecule has 0 aromatic carbocycles. The lowest BCUT2D eigenvalue weighted by atomic mass is 10.1. The van der Waals surface area contributed by atoms with Crippen molar-refractivity contribution >= 4 is 9.84 Å². The van der Waals surface area contributed by atoms with Crippen LogP contribution in [0.1, 0.15) is 19.3 Å². The molecule has 5 nitrogen and oxygen atoms in total. The average Bonchev–Trinajstić information content (AvgIpc) is 2.31. The van der Waals surface area contributed by atoms with Gasteiger partial charge in [-0.15, -0.1) is 0 Å². The van der Waals surface area contributed by atoms with E-state index in [9.17, 15) is 8.42 Å². The molecule has 16 heavy (non-hydrogen) atoms. The molecule has 1 aliphatic rings. The van der Waals surface area contributed by atoms with Crippen LogP contribution in [0.5, 0.6) is 0 Å². The zero-order chi connectivity index (χ0) is 11.4. The number of nitrogens with zero attached hydrogens (tertiary/aromatic N) is 2. The molecule has 1 saturated heterocycles. The molecule has 6 heteroatoms. The van der Waals surface area contributed by atoms with E-state index in [-0.39, 0.29) is 17.0 Å². The Morgan fingerprint density at radius 2 is 2.06 bits per heavy atom. The molecule has 1 aromatic heterocycles. The van der Waals surface area contributed by atoms with Crippen LogP contribution in [0.4, 0.5) is 0 Å². The highest BCUT2D eigenvalue weighted by Crippen LogP contribution is 2.12. The maximum absolute atomic E-state index is 11.9. The van der Waals surface area contributed by atoms with Crippen LogP contribution in [0, 0.1) is 0 Å². The van der Waals surface area contributed by atoms with Crippen LogP contribution in [-0.4, -0.2) is 36.7 Å². The third-order valence-corrected chi connectivity index (χ3v) is 4.26. The fourth-order valence-electron chi connectivity index (χ4n) is 1.85. The van der Waals surface area contributed by atoms with E-state index in [1.54, 1.807) is 6.07 Å². The first-order valence-corrected chi connectivity index (χ1v) is 7.07. The van der Waals surface area contributed by atoms with Gasteiger partial charge in [0.25, 0.3) is 0 Å². The number of aromatic nitrogens is 2. The van der Waals surface area contributed by atoms with Gasteiger partial charge in [-0.25, -0.2) is 18.4 Å². The molecule has 0 unspecified atom stereocenters. The van der Waals surface area contributed by atoms with Crippen LogP contribution in [0.3, 0.4) is 0 Å². The molecule has 0 saturated carbocycles. The molecule has 0 spiro atoms. The molecule has 1 N–H and O–H groups in total. The number of rotatable bonds is 3. The lowest BCUT2D eigenvalue weighted by molar-refractivity contribution is 0.423. The smallest absolute Gasteiger partial charge is 0.247 e.